The van der Waals surface area contributed by atoms with Gasteiger partial charge in [-0.2, -0.15) is 0 Å². The summed E-state index contributed by atoms with van der Waals surface area (Å²) in [6.07, 6.45) is 1.72. The highest BCUT2D eigenvalue weighted by Gasteiger charge is 2.17. The molecule has 1 N–H and O–H groups in total. The Morgan fingerprint density at radius 1 is 0.889 bits per heavy atom. The van der Waals surface area contributed by atoms with Crippen molar-refractivity contribution in [3.8, 4) is 17.2 Å². The largest absolute Gasteiger partial charge is 0.493 e. The third-order valence-electron chi connectivity index (χ3n) is 5.29. The summed E-state index contributed by atoms with van der Waals surface area (Å²) in [7, 11) is -1.95. The van der Waals surface area contributed by atoms with Crippen LogP contribution in [-0.2, 0) is 21.4 Å². The zero-order valence-corrected chi connectivity index (χ0v) is 21.4. The molecule has 0 aliphatic carbocycles. The molecule has 3 rings (SSSR count). The summed E-state index contributed by atoms with van der Waals surface area (Å²) in [6.45, 7) is 1.24. The summed E-state index contributed by atoms with van der Waals surface area (Å²) in [5.74, 6) is 1.71. The van der Waals surface area contributed by atoms with Crippen molar-refractivity contribution in [2.45, 2.75) is 19.4 Å². The maximum atomic E-state index is 12.4. The fraction of sp³-hybridized carbons (Fsp3) is 0.296. The highest BCUT2D eigenvalue weighted by Crippen LogP contribution is 2.25. The molecule has 0 heterocycles. The normalized spacial score (nSPS) is 10.9. The third kappa shape index (κ3) is 8.49. The van der Waals surface area contributed by atoms with Crippen molar-refractivity contribution >= 4 is 21.6 Å². The summed E-state index contributed by atoms with van der Waals surface area (Å²) in [5, 5.41) is 2.79. The molecule has 0 bridgehead atoms. The number of hydrogen-bond donors (Lipinski definition) is 1. The van der Waals surface area contributed by atoms with E-state index in [1.54, 1.807) is 43.5 Å². The van der Waals surface area contributed by atoms with Crippen LogP contribution < -0.4 is 23.8 Å². The van der Waals surface area contributed by atoms with Crippen molar-refractivity contribution in [2.75, 3.05) is 37.4 Å². The number of nitrogens with zero attached hydrogens (tertiary/aromatic N) is 1. The molecule has 3 aromatic rings. The van der Waals surface area contributed by atoms with E-state index in [0.29, 0.717) is 49.1 Å². The fourth-order valence-electron chi connectivity index (χ4n) is 3.50. The van der Waals surface area contributed by atoms with Gasteiger partial charge >= 0.3 is 0 Å². The molecule has 0 saturated heterocycles. The maximum absolute atomic E-state index is 12.4. The number of carbonyl (C=O) groups excluding carboxylic acids is 1. The minimum atomic E-state index is -3.51. The molecule has 1 amide bonds. The van der Waals surface area contributed by atoms with E-state index in [9.17, 15) is 13.2 Å². The average Bonchev–Trinajstić information content (AvgIpc) is 2.88. The predicted molar refractivity (Wildman–Crippen MR) is 140 cm³/mol. The molecule has 0 aliphatic heterocycles. The van der Waals surface area contributed by atoms with Crippen LogP contribution in [0.1, 0.15) is 18.4 Å². The highest BCUT2D eigenvalue weighted by atomic mass is 32.2. The molecule has 0 aromatic heterocycles. The van der Waals surface area contributed by atoms with E-state index in [0.717, 1.165) is 11.8 Å². The van der Waals surface area contributed by atoms with E-state index in [4.69, 9.17) is 14.2 Å². The number of para-hydroxylation sites is 2. The molecular weight excluding hydrogens is 480 g/mol. The lowest BCUT2D eigenvalue weighted by atomic mass is 10.2. The van der Waals surface area contributed by atoms with Crippen molar-refractivity contribution in [3.05, 3.63) is 84.4 Å². The SMILES string of the molecule is COc1ccccc1OCCNC(=O)CCCN(c1ccc(OCc2ccccc2)cc1)S(C)(=O)=O. The first-order valence-electron chi connectivity index (χ1n) is 11.6. The third-order valence-corrected chi connectivity index (χ3v) is 6.48. The van der Waals surface area contributed by atoms with Crippen LogP contribution in [0.2, 0.25) is 0 Å². The topological polar surface area (TPSA) is 94.2 Å². The number of hydrogen-bond acceptors (Lipinski definition) is 6. The quantitative estimate of drug-likeness (QED) is 0.328. The molecule has 0 radical (unpaired) electrons. The van der Waals surface area contributed by atoms with Gasteiger partial charge in [-0.15, -0.1) is 0 Å². The molecule has 0 unspecified atom stereocenters. The van der Waals surface area contributed by atoms with Crippen LogP contribution in [0.4, 0.5) is 5.69 Å². The summed E-state index contributed by atoms with van der Waals surface area (Å²) >= 11 is 0. The number of nitrogens with one attached hydrogen (secondary N) is 1. The van der Waals surface area contributed by atoms with Gasteiger partial charge in [0.15, 0.2) is 11.5 Å². The van der Waals surface area contributed by atoms with Gasteiger partial charge in [0, 0.05) is 13.0 Å². The Morgan fingerprint density at radius 2 is 1.56 bits per heavy atom. The minimum Gasteiger partial charge on any atom is -0.493 e. The standard InChI is InChI=1S/C27H32N2O6S/c1-33-25-11-6-7-12-26(25)34-20-18-28-27(30)13-8-19-29(36(2,31)32)23-14-16-24(17-15-23)35-21-22-9-4-3-5-10-22/h3-7,9-12,14-17H,8,13,18-21H2,1-2H3,(H,28,30). The molecule has 0 saturated carbocycles. The summed E-state index contributed by atoms with van der Waals surface area (Å²) in [6, 6.07) is 24.0. The lowest BCUT2D eigenvalue weighted by Gasteiger charge is -2.22. The van der Waals surface area contributed by atoms with Crippen LogP contribution in [0.5, 0.6) is 17.2 Å². The van der Waals surface area contributed by atoms with Crippen molar-refractivity contribution in [1.82, 2.24) is 5.32 Å². The van der Waals surface area contributed by atoms with Crippen molar-refractivity contribution < 1.29 is 27.4 Å². The van der Waals surface area contributed by atoms with Gasteiger partial charge in [-0.25, -0.2) is 8.42 Å². The predicted octanol–water partition coefficient (Wildman–Crippen LogP) is 4.02. The molecule has 3 aromatic carbocycles. The number of carbonyl (C=O) groups is 1. The Bertz CT molecular complexity index is 1200. The van der Waals surface area contributed by atoms with Gasteiger partial charge in [-0.3, -0.25) is 9.10 Å². The highest BCUT2D eigenvalue weighted by molar-refractivity contribution is 7.92. The van der Waals surface area contributed by atoms with E-state index in [2.05, 4.69) is 5.32 Å². The molecule has 8 nitrogen and oxygen atoms in total. The zero-order chi connectivity index (χ0) is 25.8. The van der Waals surface area contributed by atoms with Crippen molar-refractivity contribution in [3.63, 3.8) is 0 Å². The molecule has 9 heteroatoms. The second-order valence-corrected chi connectivity index (χ2v) is 9.96. The smallest absolute Gasteiger partial charge is 0.232 e. The molecule has 36 heavy (non-hydrogen) atoms. The van der Waals surface area contributed by atoms with Crippen LogP contribution >= 0.6 is 0 Å². The second-order valence-electron chi connectivity index (χ2n) is 8.06. The Balaban J connectivity index is 1.43. The molecule has 0 fully saturated rings. The van der Waals surface area contributed by atoms with Crippen LogP contribution in [0.3, 0.4) is 0 Å². The molecular formula is C27H32N2O6S. The zero-order valence-electron chi connectivity index (χ0n) is 20.6. The van der Waals surface area contributed by atoms with Crippen LogP contribution in [-0.4, -0.2) is 47.4 Å². The number of sulfonamides is 1. The van der Waals surface area contributed by atoms with Gasteiger partial charge in [-0.1, -0.05) is 42.5 Å². The number of anilines is 1. The van der Waals surface area contributed by atoms with Crippen LogP contribution in [0.15, 0.2) is 78.9 Å². The number of rotatable bonds is 14. The summed E-state index contributed by atoms with van der Waals surface area (Å²) < 4.78 is 42.7. The first kappa shape index (κ1) is 26.9. The van der Waals surface area contributed by atoms with E-state index in [-0.39, 0.29) is 18.9 Å². The van der Waals surface area contributed by atoms with E-state index in [1.165, 1.54) is 4.31 Å². The molecule has 0 spiro atoms. The Hall–Kier alpha value is -3.72. The number of amides is 1. The van der Waals surface area contributed by atoms with Gasteiger partial charge in [0.1, 0.15) is 19.0 Å². The molecule has 0 aliphatic rings. The average molecular weight is 513 g/mol. The Morgan fingerprint density at radius 3 is 2.22 bits per heavy atom. The van der Waals surface area contributed by atoms with Crippen molar-refractivity contribution in [1.29, 1.82) is 0 Å². The van der Waals surface area contributed by atoms with E-state index < -0.39 is 10.0 Å². The fourth-order valence-corrected chi connectivity index (χ4v) is 4.46. The second kappa shape index (κ2) is 13.4. The molecule has 192 valence electrons. The first-order valence-corrected chi connectivity index (χ1v) is 13.5. The van der Waals surface area contributed by atoms with Gasteiger partial charge in [0.2, 0.25) is 15.9 Å². The lowest BCUT2D eigenvalue weighted by molar-refractivity contribution is -0.121. The van der Waals surface area contributed by atoms with Gasteiger partial charge in [0.05, 0.1) is 25.6 Å². The number of benzene rings is 3. The van der Waals surface area contributed by atoms with E-state index in [1.807, 2.05) is 42.5 Å². The number of ether oxygens (including phenoxy) is 3. The Kier molecular flexibility index (Phi) is 10.00. The summed E-state index contributed by atoms with van der Waals surface area (Å²) in [4.78, 5) is 12.2. The number of methoxy groups -OCH3 is 1. The minimum absolute atomic E-state index is 0.170. The van der Waals surface area contributed by atoms with Gasteiger partial charge in [0.25, 0.3) is 0 Å². The van der Waals surface area contributed by atoms with E-state index >= 15 is 0 Å². The Labute approximate surface area is 212 Å². The monoisotopic (exact) mass is 512 g/mol. The van der Waals surface area contributed by atoms with Crippen LogP contribution in [0, 0.1) is 0 Å². The molecule has 0 atom stereocenters. The summed E-state index contributed by atoms with van der Waals surface area (Å²) in [5.41, 5.74) is 1.57. The van der Waals surface area contributed by atoms with Gasteiger partial charge < -0.3 is 19.5 Å². The lowest BCUT2D eigenvalue weighted by Crippen LogP contribution is -2.32. The van der Waals surface area contributed by atoms with Gasteiger partial charge in [-0.05, 0) is 48.4 Å². The van der Waals surface area contributed by atoms with Crippen molar-refractivity contribution in [2.24, 2.45) is 0 Å². The maximum Gasteiger partial charge on any atom is 0.232 e. The van der Waals surface area contributed by atoms with Crippen LogP contribution in [0.25, 0.3) is 0 Å². The first-order chi connectivity index (χ1) is 17.4.